The second-order valence-corrected chi connectivity index (χ2v) is 5.15. The molecule has 7 nitrogen and oxygen atoms in total. The van der Waals surface area contributed by atoms with Gasteiger partial charge in [0, 0.05) is 33.3 Å². The monoisotopic (exact) mass is 285 g/mol. The Hall–Kier alpha value is -1.18. The first-order valence-electron chi connectivity index (χ1n) is 7.13. The molecule has 0 aromatic carbocycles. The maximum atomic E-state index is 11.9. The summed E-state index contributed by atoms with van der Waals surface area (Å²) in [6.45, 7) is 3.24. The summed E-state index contributed by atoms with van der Waals surface area (Å²) in [5, 5.41) is 5.45. The summed E-state index contributed by atoms with van der Waals surface area (Å²) in [7, 11) is 1.58. The van der Waals surface area contributed by atoms with Crippen molar-refractivity contribution in [2.24, 2.45) is 0 Å². The van der Waals surface area contributed by atoms with Gasteiger partial charge in [0.1, 0.15) is 6.10 Å². The average molecular weight is 285 g/mol. The lowest BCUT2D eigenvalue weighted by molar-refractivity contribution is -0.140. The van der Waals surface area contributed by atoms with E-state index in [1.807, 2.05) is 4.90 Å². The van der Waals surface area contributed by atoms with Gasteiger partial charge in [-0.05, 0) is 12.8 Å². The van der Waals surface area contributed by atoms with Crippen molar-refractivity contribution in [2.45, 2.75) is 25.0 Å². The number of nitrogens with zero attached hydrogens (tertiary/aromatic N) is 1. The number of hydrogen-bond donors (Lipinski definition) is 2. The first kappa shape index (κ1) is 15.2. The zero-order valence-corrected chi connectivity index (χ0v) is 11.9. The number of nitrogens with one attached hydrogen (secondary N) is 2. The van der Waals surface area contributed by atoms with Gasteiger partial charge in [-0.25, -0.2) is 0 Å². The van der Waals surface area contributed by atoms with Crippen LogP contribution >= 0.6 is 0 Å². The summed E-state index contributed by atoms with van der Waals surface area (Å²) in [6, 6.07) is 0. The molecule has 2 rings (SSSR count). The van der Waals surface area contributed by atoms with Crippen LogP contribution in [0.3, 0.4) is 0 Å². The molecule has 7 heteroatoms. The predicted octanol–water partition coefficient (Wildman–Crippen LogP) is -1.27. The zero-order valence-electron chi connectivity index (χ0n) is 11.9. The quantitative estimate of drug-likeness (QED) is 0.658. The smallest absolute Gasteiger partial charge is 0.250 e. The lowest BCUT2D eigenvalue weighted by atomic mass is 10.2. The Kier molecular flexibility index (Phi) is 5.75. The molecule has 2 unspecified atom stereocenters. The van der Waals surface area contributed by atoms with Gasteiger partial charge in [-0.1, -0.05) is 0 Å². The zero-order chi connectivity index (χ0) is 14.4. The van der Waals surface area contributed by atoms with E-state index in [2.05, 4.69) is 10.6 Å². The van der Waals surface area contributed by atoms with E-state index in [1.165, 1.54) is 0 Å². The topological polar surface area (TPSA) is 79.9 Å². The van der Waals surface area contributed by atoms with Crippen LogP contribution in [0.1, 0.15) is 12.8 Å². The Bertz CT molecular complexity index is 345. The van der Waals surface area contributed by atoms with Crippen LogP contribution in [-0.2, 0) is 19.1 Å². The number of ether oxygens (including phenoxy) is 2. The molecular formula is C13H23N3O4. The summed E-state index contributed by atoms with van der Waals surface area (Å²) in [5.41, 5.74) is 0. The van der Waals surface area contributed by atoms with Gasteiger partial charge in [0.05, 0.1) is 19.3 Å². The molecule has 114 valence electrons. The predicted molar refractivity (Wildman–Crippen MR) is 72.2 cm³/mol. The third-order valence-corrected chi connectivity index (χ3v) is 3.61. The number of carbonyl (C=O) groups excluding carboxylic acids is 2. The molecule has 2 fully saturated rings. The second kappa shape index (κ2) is 7.56. The molecule has 2 N–H and O–H groups in total. The first-order valence-corrected chi connectivity index (χ1v) is 7.13. The average Bonchev–Trinajstić information content (AvgIpc) is 2.98. The van der Waals surface area contributed by atoms with Crippen LogP contribution in [0.15, 0.2) is 0 Å². The van der Waals surface area contributed by atoms with Gasteiger partial charge in [0.15, 0.2) is 0 Å². The van der Waals surface area contributed by atoms with Crippen molar-refractivity contribution in [2.75, 3.05) is 46.4 Å². The molecular weight excluding hydrogens is 262 g/mol. The molecule has 2 atom stereocenters. The molecule has 2 aliphatic heterocycles. The van der Waals surface area contributed by atoms with E-state index < -0.39 is 6.10 Å². The third kappa shape index (κ3) is 4.43. The van der Waals surface area contributed by atoms with E-state index in [1.54, 1.807) is 7.05 Å². The molecule has 2 saturated heterocycles. The summed E-state index contributed by atoms with van der Waals surface area (Å²) in [6.07, 6.45) is 1.75. The maximum absolute atomic E-state index is 11.9. The van der Waals surface area contributed by atoms with Crippen molar-refractivity contribution < 1.29 is 19.1 Å². The van der Waals surface area contributed by atoms with Crippen molar-refractivity contribution in [3.63, 3.8) is 0 Å². The minimum Gasteiger partial charge on any atom is -0.376 e. The number of rotatable bonds is 5. The Labute approximate surface area is 119 Å². The molecule has 0 bridgehead atoms. The van der Waals surface area contributed by atoms with Crippen LogP contribution in [0.25, 0.3) is 0 Å². The van der Waals surface area contributed by atoms with E-state index in [0.717, 1.165) is 19.4 Å². The summed E-state index contributed by atoms with van der Waals surface area (Å²) < 4.78 is 10.8. The van der Waals surface area contributed by atoms with Crippen molar-refractivity contribution in [3.05, 3.63) is 0 Å². The van der Waals surface area contributed by atoms with Gasteiger partial charge >= 0.3 is 0 Å². The lowest BCUT2D eigenvalue weighted by Crippen LogP contribution is -2.51. The molecule has 0 aromatic rings. The van der Waals surface area contributed by atoms with E-state index in [9.17, 15) is 9.59 Å². The van der Waals surface area contributed by atoms with Gasteiger partial charge in [0.25, 0.3) is 0 Å². The van der Waals surface area contributed by atoms with Crippen LogP contribution < -0.4 is 10.6 Å². The Morgan fingerprint density at radius 1 is 1.30 bits per heavy atom. The Morgan fingerprint density at radius 3 is 2.85 bits per heavy atom. The van der Waals surface area contributed by atoms with Gasteiger partial charge in [0.2, 0.25) is 11.8 Å². The van der Waals surface area contributed by atoms with Crippen molar-refractivity contribution in [3.8, 4) is 0 Å². The molecule has 0 aliphatic carbocycles. The van der Waals surface area contributed by atoms with E-state index in [4.69, 9.17) is 9.47 Å². The van der Waals surface area contributed by atoms with Crippen LogP contribution in [0.4, 0.5) is 0 Å². The van der Waals surface area contributed by atoms with E-state index >= 15 is 0 Å². The summed E-state index contributed by atoms with van der Waals surface area (Å²) in [5.74, 6) is -0.174. The standard InChI is InChI=1S/C13H23N3O4/c1-14-13(18)11-8-16(4-6-20-11)9-12(17)15-7-10-3-2-5-19-10/h10-11H,2-9H2,1H3,(H,14,18)(H,15,17). The highest BCUT2D eigenvalue weighted by atomic mass is 16.5. The molecule has 0 spiro atoms. The Morgan fingerprint density at radius 2 is 2.15 bits per heavy atom. The van der Waals surface area contributed by atoms with Crippen LogP contribution in [0, 0.1) is 0 Å². The third-order valence-electron chi connectivity index (χ3n) is 3.61. The Balaban J connectivity index is 1.68. The molecule has 0 saturated carbocycles. The molecule has 2 amide bonds. The van der Waals surface area contributed by atoms with Gasteiger partial charge in [-0.15, -0.1) is 0 Å². The van der Waals surface area contributed by atoms with Crippen LogP contribution in [-0.4, -0.2) is 75.4 Å². The van der Waals surface area contributed by atoms with Gasteiger partial charge < -0.3 is 20.1 Å². The molecule has 0 radical (unpaired) electrons. The second-order valence-electron chi connectivity index (χ2n) is 5.15. The van der Waals surface area contributed by atoms with Crippen molar-refractivity contribution >= 4 is 11.8 Å². The highest BCUT2D eigenvalue weighted by Gasteiger charge is 2.27. The van der Waals surface area contributed by atoms with Crippen molar-refractivity contribution in [1.82, 2.24) is 15.5 Å². The molecule has 2 heterocycles. The molecule has 2 aliphatic rings. The minimum absolute atomic E-state index is 0.0296. The van der Waals surface area contributed by atoms with Gasteiger partial charge in [-0.2, -0.15) is 0 Å². The van der Waals surface area contributed by atoms with E-state index in [-0.39, 0.29) is 17.9 Å². The summed E-state index contributed by atoms with van der Waals surface area (Å²) in [4.78, 5) is 25.3. The fourth-order valence-electron chi connectivity index (χ4n) is 2.46. The van der Waals surface area contributed by atoms with Crippen LogP contribution in [0.2, 0.25) is 0 Å². The highest BCUT2D eigenvalue weighted by Crippen LogP contribution is 2.10. The summed E-state index contributed by atoms with van der Waals surface area (Å²) >= 11 is 0. The van der Waals surface area contributed by atoms with E-state index in [0.29, 0.717) is 32.8 Å². The SMILES string of the molecule is CNC(=O)C1CN(CC(=O)NCC2CCCO2)CCO1. The first-order chi connectivity index (χ1) is 9.69. The van der Waals surface area contributed by atoms with Crippen molar-refractivity contribution in [1.29, 1.82) is 0 Å². The fraction of sp³-hybridized carbons (Fsp3) is 0.846. The number of amides is 2. The minimum atomic E-state index is -0.486. The highest BCUT2D eigenvalue weighted by molar-refractivity contribution is 5.81. The fourth-order valence-corrected chi connectivity index (χ4v) is 2.46. The number of morpholine rings is 1. The maximum Gasteiger partial charge on any atom is 0.250 e. The number of carbonyl (C=O) groups is 2. The largest absolute Gasteiger partial charge is 0.376 e. The molecule has 0 aromatic heterocycles. The normalized spacial score (nSPS) is 27.2. The molecule has 20 heavy (non-hydrogen) atoms. The van der Waals surface area contributed by atoms with Gasteiger partial charge in [-0.3, -0.25) is 14.5 Å². The number of hydrogen-bond acceptors (Lipinski definition) is 5. The number of likely N-dealkylation sites (N-methyl/N-ethyl adjacent to an activating group) is 1. The lowest BCUT2D eigenvalue weighted by Gasteiger charge is -2.31. The van der Waals surface area contributed by atoms with Crippen LogP contribution in [0.5, 0.6) is 0 Å².